The van der Waals surface area contributed by atoms with Gasteiger partial charge in [0, 0.05) is 10.1 Å². The lowest BCUT2D eigenvalue weighted by atomic mass is 10.1. The molecule has 0 amide bonds. The lowest BCUT2D eigenvalue weighted by Crippen LogP contribution is -2.21. The Kier molecular flexibility index (Phi) is 7.18. The van der Waals surface area contributed by atoms with E-state index in [1.165, 1.54) is 0 Å². The fraction of sp³-hybridized carbons (Fsp3) is 0.500. The van der Waals surface area contributed by atoms with Gasteiger partial charge in [-0.25, -0.2) is 0 Å². The SMILES string of the molecule is C/C=C(Br)\C=C(/CCC)C(=O)C(Cl)(Cl)Cl. The summed E-state index contributed by atoms with van der Waals surface area (Å²) in [6.45, 7) is 3.81. The molecule has 0 atom stereocenters. The van der Waals surface area contributed by atoms with E-state index in [-0.39, 0.29) is 0 Å². The minimum absolute atomic E-state index is 0.465. The van der Waals surface area contributed by atoms with Crippen molar-refractivity contribution in [2.45, 2.75) is 30.5 Å². The number of Topliss-reactive ketones (excluding diaryl/α,β-unsaturated/α-hetero) is 1. The third-order valence-corrected chi connectivity index (χ3v) is 2.86. The molecule has 0 aliphatic carbocycles. The lowest BCUT2D eigenvalue weighted by Gasteiger charge is -2.12. The highest BCUT2D eigenvalue weighted by molar-refractivity contribution is 9.11. The molecular weight excluding hydrogens is 322 g/mol. The van der Waals surface area contributed by atoms with Gasteiger partial charge in [-0.2, -0.15) is 0 Å². The first kappa shape index (κ1) is 15.5. The highest BCUT2D eigenvalue weighted by Crippen LogP contribution is 2.32. The standard InChI is InChI=1S/C10H12BrCl3O/c1-3-5-7(6-8(11)4-2)9(15)10(12,13)14/h4,6H,3,5H2,1-2H3/b7-6+,8-4+. The Morgan fingerprint density at radius 2 is 1.93 bits per heavy atom. The number of carbonyl (C=O) groups is 1. The van der Waals surface area contributed by atoms with Crippen molar-refractivity contribution in [2.75, 3.05) is 0 Å². The smallest absolute Gasteiger partial charge is 0.253 e. The first-order valence-electron chi connectivity index (χ1n) is 4.46. The summed E-state index contributed by atoms with van der Waals surface area (Å²) in [5.74, 6) is -0.465. The summed E-state index contributed by atoms with van der Waals surface area (Å²) in [6, 6.07) is 0. The number of alkyl halides is 3. The molecule has 0 aromatic carbocycles. The maximum Gasteiger partial charge on any atom is 0.253 e. The van der Waals surface area contributed by atoms with Crippen LogP contribution in [0.25, 0.3) is 0 Å². The summed E-state index contributed by atoms with van der Waals surface area (Å²) in [4.78, 5) is 11.7. The van der Waals surface area contributed by atoms with Crippen LogP contribution in [0.5, 0.6) is 0 Å². The molecular formula is C10H12BrCl3O. The van der Waals surface area contributed by atoms with Crippen molar-refractivity contribution in [1.29, 1.82) is 0 Å². The van der Waals surface area contributed by atoms with E-state index in [1.807, 2.05) is 19.9 Å². The lowest BCUT2D eigenvalue weighted by molar-refractivity contribution is -0.114. The fourth-order valence-corrected chi connectivity index (χ4v) is 1.59. The Hall–Kier alpha value is 0.500. The molecule has 0 aliphatic rings. The highest BCUT2D eigenvalue weighted by atomic mass is 79.9. The van der Waals surface area contributed by atoms with E-state index >= 15 is 0 Å². The summed E-state index contributed by atoms with van der Waals surface area (Å²) in [5, 5.41) is 0. The molecule has 1 nitrogen and oxygen atoms in total. The second-order valence-corrected chi connectivity index (χ2v) is 6.12. The highest BCUT2D eigenvalue weighted by Gasteiger charge is 2.32. The normalized spacial score (nSPS) is 14.3. The summed E-state index contributed by atoms with van der Waals surface area (Å²) >= 11 is 19.9. The van der Waals surface area contributed by atoms with Crippen LogP contribution in [0.4, 0.5) is 0 Å². The summed E-state index contributed by atoms with van der Waals surface area (Å²) in [5.41, 5.74) is 0.516. The van der Waals surface area contributed by atoms with Crippen LogP contribution in [0.2, 0.25) is 0 Å². The molecule has 0 rings (SSSR count). The Bertz CT molecular complexity index is 290. The van der Waals surface area contributed by atoms with Crippen molar-refractivity contribution in [3.05, 3.63) is 22.2 Å². The van der Waals surface area contributed by atoms with E-state index in [0.29, 0.717) is 12.0 Å². The van der Waals surface area contributed by atoms with Crippen molar-refractivity contribution in [1.82, 2.24) is 0 Å². The molecule has 0 aromatic rings. The van der Waals surface area contributed by atoms with Crippen LogP contribution in [0.15, 0.2) is 22.2 Å². The molecule has 0 unspecified atom stereocenters. The number of hydrogen-bond donors (Lipinski definition) is 0. The van der Waals surface area contributed by atoms with Gasteiger partial charge in [-0.15, -0.1) is 0 Å². The monoisotopic (exact) mass is 332 g/mol. The number of ketones is 1. The Balaban J connectivity index is 4.99. The molecule has 0 aliphatic heterocycles. The van der Waals surface area contributed by atoms with Crippen LogP contribution in [0.3, 0.4) is 0 Å². The Morgan fingerprint density at radius 1 is 1.40 bits per heavy atom. The number of halogens is 4. The third kappa shape index (κ3) is 5.96. The van der Waals surface area contributed by atoms with Crippen molar-refractivity contribution in [3.8, 4) is 0 Å². The minimum atomic E-state index is -1.87. The molecule has 0 aromatic heterocycles. The summed E-state index contributed by atoms with van der Waals surface area (Å²) < 4.78 is -1.07. The van der Waals surface area contributed by atoms with Crippen molar-refractivity contribution >= 4 is 56.5 Å². The number of carbonyl (C=O) groups excluding carboxylic acids is 1. The zero-order chi connectivity index (χ0) is 12.1. The first-order valence-corrected chi connectivity index (χ1v) is 6.39. The molecule has 0 radical (unpaired) electrons. The van der Waals surface area contributed by atoms with E-state index < -0.39 is 9.58 Å². The number of hydrogen-bond acceptors (Lipinski definition) is 1. The maximum absolute atomic E-state index is 11.7. The number of allylic oxidation sites excluding steroid dienone is 4. The molecule has 0 fully saturated rings. The van der Waals surface area contributed by atoms with Crippen LogP contribution in [-0.2, 0) is 4.79 Å². The van der Waals surface area contributed by atoms with Crippen LogP contribution >= 0.6 is 50.7 Å². The van der Waals surface area contributed by atoms with Gasteiger partial charge >= 0.3 is 0 Å². The molecule has 15 heavy (non-hydrogen) atoms. The van der Waals surface area contributed by atoms with E-state index in [0.717, 1.165) is 10.9 Å². The average molecular weight is 334 g/mol. The van der Waals surface area contributed by atoms with E-state index in [2.05, 4.69) is 15.9 Å². The quantitative estimate of drug-likeness (QED) is 0.404. The van der Waals surface area contributed by atoms with E-state index in [9.17, 15) is 4.79 Å². The molecule has 0 saturated carbocycles. The average Bonchev–Trinajstić information content (AvgIpc) is 2.14. The zero-order valence-corrected chi connectivity index (χ0v) is 12.3. The van der Waals surface area contributed by atoms with E-state index in [1.54, 1.807) is 6.08 Å². The van der Waals surface area contributed by atoms with Gasteiger partial charge in [0.2, 0.25) is 5.78 Å². The van der Waals surface area contributed by atoms with Gasteiger partial charge in [-0.1, -0.05) is 70.2 Å². The fourth-order valence-electron chi connectivity index (χ4n) is 0.952. The predicted octanol–water partition coefficient (Wildman–Crippen LogP) is 4.95. The summed E-state index contributed by atoms with van der Waals surface area (Å²) in [6.07, 6.45) is 4.92. The first-order chi connectivity index (χ1) is 6.82. The van der Waals surface area contributed by atoms with Crippen LogP contribution in [-0.4, -0.2) is 9.58 Å². The molecule has 0 spiro atoms. The second kappa shape index (κ2) is 6.95. The van der Waals surface area contributed by atoms with Gasteiger partial charge in [-0.05, 0) is 19.4 Å². The van der Waals surface area contributed by atoms with Gasteiger partial charge in [0.25, 0.3) is 3.79 Å². The minimum Gasteiger partial charge on any atom is -0.290 e. The van der Waals surface area contributed by atoms with Crippen molar-refractivity contribution < 1.29 is 4.79 Å². The summed E-state index contributed by atoms with van der Waals surface area (Å²) in [7, 11) is 0. The van der Waals surface area contributed by atoms with Gasteiger partial charge in [-0.3, -0.25) is 4.79 Å². The van der Waals surface area contributed by atoms with E-state index in [4.69, 9.17) is 34.8 Å². The largest absolute Gasteiger partial charge is 0.290 e. The molecule has 0 heterocycles. The second-order valence-electron chi connectivity index (χ2n) is 2.92. The molecule has 0 bridgehead atoms. The Morgan fingerprint density at radius 3 is 2.27 bits per heavy atom. The van der Waals surface area contributed by atoms with Gasteiger partial charge in [0.05, 0.1) is 0 Å². The number of rotatable bonds is 4. The van der Waals surface area contributed by atoms with Crippen LogP contribution in [0.1, 0.15) is 26.7 Å². The molecule has 86 valence electrons. The van der Waals surface area contributed by atoms with Crippen LogP contribution < -0.4 is 0 Å². The maximum atomic E-state index is 11.7. The topological polar surface area (TPSA) is 17.1 Å². The van der Waals surface area contributed by atoms with Crippen molar-refractivity contribution in [3.63, 3.8) is 0 Å². The predicted molar refractivity (Wildman–Crippen MR) is 71.0 cm³/mol. The molecule has 5 heteroatoms. The van der Waals surface area contributed by atoms with Gasteiger partial charge in [0.15, 0.2) is 0 Å². The van der Waals surface area contributed by atoms with Gasteiger partial charge < -0.3 is 0 Å². The molecule has 0 saturated heterocycles. The third-order valence-electron chi connectivity index (χ3n) is 1.66. The Labute approximate surface area is 114 Å². The van der Waals surface area contributed by atoms with Crippen molar-refractivity contribution in [2.24, 2.45) is 0 Å². The zero-order valence-electron chi connectivity index (χ0n) is 8.49. The van der Waals surface area contributed by atoms with Gasteiger partial charge in [0.1, 0.15) is 0 Å². The van der Waals surface area contributed by atoms with Crippen LogP contribution in [0, 0.1) is 0 Å². The molecule has 0 N–H and O–H groups in total.